The average Bonchev–Trinajstić information content (AvgIpc) is 2.81. The first kappa shape index (κ1) is 13.0. The van der Waals surface area contributed by atoms with E-state index in [9.17, 15) is 4.79 Å². The molecular weight excluding hydrogens is 242 g/mol. The Balaban J connectivity index is 2.48. The number of benzene rings is 1. The molecular formula is C14H15N3O2. The molecule has 0 aliphatic carbocycles. The number of carbonyl (C=O) groups excluding carboxylic acids is 1. The van der Waals surface area contributed by atoms with E-state index < -0.39 is 0 Å². The normalized spacial score (nSPS) is 10.2. The number of methoxy groups -OCH3 is 1. The molecule has 2 aromatic rings. The van der Waals surface area contributed by atoms with Gasteiger partial charge in [-0.1, -0.05) is 17.4 Å². The van der Waals surface area contributed by atoms with Gasteiger partial charge in [-0.15, -0.1) is 5.10 Å². The van der Waals surface area contributed by atoms with Crippen molar-refractivity contribution < 1.29 is 9.53 Å². The zero-order valence-electron chi connectivity index (χ0n) is 11.0. The molecule has 0 fully saturated rings. The maximum atomic E-state index is 11.1. The average molecular weight is 257 g/mol. The first-order valence-electron chi connectivity index (χ1n) is 5.83. The first-order chi connectivity index (χ1) is 9.15. The summed E-state index contributed by atoms with van der Waals surface area (Å²) in [7, 11) is 1.61. The Morgan fingerprint density at radius 1 is 1.42 bits per heavy atom. The maximum Gasteiger partial charge on any atom is 0.172 e. The monoisotopic (exact) mass is 257 g/mol. The van der Waals surface area contributed by atoms with Gasteiger partial charge in [0.25, 0.3) is 0 Å². The predicted molar refractivity (Wildman–Crippen MR) is 72.2 cm³/mol. The van der Waals surface area contributed by atoms with Gasteiger partial charge in [-0.25, -0.2) is 4.68 Å². The fraction of sp³-hybridized carbons (Fsp3) is 0.214. The van der Waals surface area contributed by atoms with E-state index in [0.29, 0.717) is 24.2 Å². The van der Waals surface area contributed by atoms with Crippen LogP contribution in [0.1, 0.15) is 17.4 Å². The second-order valence-electron chi connectivity index (χ2n) is 4.28. The minimum absolute atomic E-state index is 0.325. The van der Waals surface area contributed by atoms with Gasteiger partial charge >= 0.3 is 0 Å². The predicted octanol–water partition coefficient (Wildman–Crippen LogP) is 2.34. The van der Waals surface area contributed by atoms with Crippen LogP contribution in [0.4, 0.5) is 0 Å². The van der Waals surface area contributed by atoms with E-state index in [4.69, 9.17) is 4.74 Å². The Morgan fingerprint density at radius 3 is 2.63 bits per heavy atom. The van der Waals surface area contributed by atoms with E-state index in [2.05, 4.69) is 16.9 Å². The molecule has 98 valence electrons. The van der Waals surface area contributed by atoms with Crippen molar-refractivity contribution in [2.75, 3.05) is 7.11 Å². The molecule has 0 spiro atoms. The molecule has 2 rings (SSSR count). The fourth-order valence-corrected chi connectivity index (χ4v) is 1.82. The van der Waals surface area contributed by atoms with Gasteiger partial charge in [0.2, 0.25) is 0 Å². The lowest BCUT2D eigenvalue weighted by Gasteiger charge is -2.07. The van der Waals surface area contributed by atoms with Gasteiger partial charge in [0.05, 0.1) is 19.3 Å². The quantitative estimate of drug-likeness (QED) is 0.609. The number of hydrogen-bond donors (Lipinski definition) is 0. The van der Waals surface area contributed by atoms with Crippen molar-refractivity contribution in [1.82, 2.24) is 15.0 Å². The molecule has 0 aliphatic heterocycles. The van der Waals surface area contributed by atoms with Gasteiger partial charge in [-0.05, 0) is 31.2 Å². The van der Waals surface area contributed by atoms with Gasteiger partial charge in [0, 0.05) is 5.56 Å². The molecule has 0 saturated carbocycles. The number of ether oxygens (including phenoxy) is 1. The molecule has 0 bridgehead atoms. The van der Waals surface area contributed by atoms with Crippen molar-refractivity contribution in [3.05, 3.63) is 42.1 Å². The van der Waals surface area contributed by atoms with E-state index in [1.54, 1.807) is 11.8 Å². The highest BCUT2D eigenvalue weighted by atomic mass is 16.5. The number of aromatic nitrogens is 3. The smallest absolute Gasteiger partial charge is 0.172 e. The molecule has 0 aliphatic rings. The summed E-state index contributed by atoms with van der Waals surface area (Å²) >= 11 is 0. The van der Waals surface area contributed by atoms with E-state index in [-0.39, 0.29) is 0 Å². The van der Waals surface area contributed by atoms with Crippen LogP contribution >= 0.6 is 0 Å². The van der Waals surface area contributed by atoms with Crippen LogP contribution in [-0.2, 0) is 6.54 Å². The molecule has 0 N–H and O–H groups in total. The van der Waals surface area contributed by atoms with Gasteiger partial charge < -0.3 is 4.74 Å². The third kappa shape index (κ3) is 2.70. The van der Waals surface area contributed by atoms with Crippen molar-refractivity contribution in [3.63, 3.8) is 0 Å². The van der Waals surface area contributed by atoms with Gasteiger partial charge in [0.15, 0.2) is 12.0 Å². The van der Waals surface area contributed by atoms with E-state index in [0.717, 1.165) is 16.9 Å². The Labute approximate surface area is 111 Å². The summed E-state index contributed by atoms with van der Waals surface area (Å²) in [5.74, 6) is 0.760. The minimum atomic E-state index is 0.325. The van der Waals surface area contributed by atoms with Gasteiger partial charge in [0.1, 0.15) is 5.75 Å². The lowest BCUT2D eigenvalue weighted by molar-refractivity contribution is 0.111. The SMILES string of the molecule is C=C(C)Cn1nnc(C=O)c1-c1ccc(OC)cc1. The van der Waals surface area contributed by atoms with Crippen LogP contribution in [0.3, 0.4) is 0 Å². The first-order valence-corrected chi connectivity index (χ1v) is 5.83. The highest BCUT2D eigenvalue weighted by Gasteiger charge is 2.14. The number of nitrogens with zero attached hydrogens (tertiary/aromatic N) is 3. The second kappa shape index (κ2) is 5.48. The van der Waals surface area contributed by atoms with Crippen LogP contribution in [-0.4, -0.2) is 28.4 Å². The summed E-state index contributed by atoms with van der Waals surface area (Å²) in [4.78, 5) is 11.1. The van der Waals surface area contributed by atoms with Crippen molar-refractivity contribution in [2.45, 2.75) is 13.5 Å². The third-order valence-electron chi connectivity index (χ3n) is 2.66. The molecule has 5 heteroatoms. The Hall–Kier alpha value is -2.43. The summed E-state index contributed by atoms with van der Waals surface area (Å²) in [6.07, 6.45) is 0.710. The number of rotatable bonds is 5. The van der Waals surface area contributed by atoms with Crippen LogP contribution in [0.5, 0.6) is 5.75 Å². The molecule has 0 amide bonds. The molecule has 0 atom stereocenters. The van der Waals surface area contributed by atoms with Crippen molar-refractivity contribution in [1.29, 1.82) is 0 Å². The molecule has 19 heavy (non-hydrogen) atoms. The van der Waals surface area contributed by atoms with Crippen LogP contribution in [0.25, 0.3) is 11.3 Å². The molecule has 1 heterocycles. The zero-order valence-corrected chi connectivity index (χ0v) is 11.0. The number of hydrogen-bond acceptors (Lipinski definition) is 4. The topological polar surface area (TPSA) is 57.0 Å². The van der Waals surface area contributed by atoms with Crippen molar-refractivity contribution >= 4 is 6.29 Å². The molecule has 0 saturated heterocycles. The lowest BCUT2D eigenvalue weighted by Crippen LogP contribution is -2.03. The van der Waals surface area contributed by atoms with Gasteiger partial charge in [-0.3, -0.25) is 4.79 Å². The van der Waals surface area contributed by atoms with E-state index >= 15 is 0 Å². The van der Waals surface area contributed by atoms with Gasteiger partial charge in [-0.2, -0.15) is 0 Å². The largest absolute Gasteiger partial charge is 0.497 e. The lowest BCUT2D eigenvalue weighted by atomic mass is 10.1. The Morgan fingerprint density at radius 2 is 2.11 bits per heavy atom. The summed E-state index contributed by atoms with van der Waals surface area (Å²) in [6.45, 7) is 6.28. The summed E-state index contributed by atoms with van der Waals surface area (Å²) in [6, 6.07) is 7.42. The zero-order chi connectivity index (χ0) is 13.8. The summed E-state index contributed by atoms with van der Waals surface area (Å²) < 4.78 is 6.79. The number of aldehydes is 1. The van der Waals surface area contributed by atoms with Crippen LogP contribution in [0.15, 0.2) is 36.4 Å². The molecule has 5 nitrogen and oxygen atoms in total. The molecule has 1 aromatic heterocycles. The Bertz CT molecular complexity index is 600. The highest BCUT2D eigenvalue weighted by Crippen LogP contribution is 2.24. The van der Waals surface area contributed by atoms with Crippen LogP contribution in [0.2, 0.25) is 0 Å². The maximum absolute atomic E-state index is 11.1. The molecule has 0 unspecified atom stereocenters. The number of allylic oxidation sites excluding steroid dienone is 1. The highest BCUT2D eigenvalue weighted by molar-refractivity contribution is 5.83. The van der Waals surface area contributed by atoms with E-state index in [1.165, 1.54) is 0 Å². The summed E-state index contributed by atoms with van der Waals surface area (Å²) in [5, 5.41) is 7.87. The second-order valence-corrected chi connectivity index (χ2v) is 4.28. The standard InChI is InChI=1S/C14H15N3O2/c1-10(2)8-17-14(13(9-18)15-16-17)11-4-6-12(19-3)7-5-11/h4-7,9H,1,8H2,2-3H3. The molecule has 1 aromatic carbocycles. The van der Waals surface area contributed by atoms with Crippen molar-refractivity contribution in [2.24, 2.45) is 0 Å². The third-order valence-corrected chi connectivity index (χ3v) is 2.66. The fourth-order valence-electron chi connectivity index (χ4n) is 1.82. The van der Waals surface area contributed by atoms with E-state index in [1.807, 2.05) is 31.2 Å². The number of carbonyl (C=O) groups is 1. The van der Waals surface area contributed by atoms with Crippen LogP contribution in [0, 0.1) is 0 Å². The van der Waals surface area contributed by atoms with Crippen molar-refractivity contribution in [3.8, 4) is 17.0 Å². The molecule has 0 radical (unpaired) electrons. The van der Waals surface area contributed by atoms with Crippen LogP contribution < -0.4 is 4.74 Å². The Kier molecular flexibility index (Phi) is 3.75. The summed E-state index contributed by atoms with van der Waals surface area (Å²) in [5.41, 5.74) is 2.83. The minimum Gasteiger partial charge on any atom is -0.497 e.